The number of hydrogen-bond acceptors (Lipinski definition) is 15. The van der Waals surface area contributed by atoms with Crippen LogP contribution < -0.4 is 11.1 Å². The predicted octanol–water partition coefficient (Wildman–Crippen LogP) is 8.25. The Labute approximate surface area is 414 Å². The zero-order valence-corrected chi connectivity index (χ0v) is 44.6. The maximum absolute atomic E-state index is 12.6. The van der Waals surface area contributed by atoms with E-state index in [1.807, 2.05) is 18.2 Å². The third-order valence-electron chi connectivity index (χ3n) is 8.21. The van der Waals surface area contributed by atoms with Gasteiger partial charge in [0.25, 0.3) is 0 Å². The lowest BCUT2D eigenvalue weighted by Crippen LogP contribution is -2.22. The largest absolute Gasteiger partial charge is 0.351 e. The van der Waals surface area contributed by atoms with Crippen LogP contribution in [0, 0.1) is 6.57 Å². The molecular weight excluding hydrogens is 1040 g/mol. The maximum Gasteiger partial charge on any atom is 0.242 e. The topological polar surface area (TPSA) is 206 Å². The van der Waals surface area contributed by atoms with Gasteiger partial charge in [-0.25, -0.2) is 51.4 Å². The van der Waals surface area contributed by atoms with Crippen molar-refractivity contribution in [2.75, 3.05) is 42.3 Å². The number of thiophene rings is 3. The molecule has 25 heteroatoms. The summed E-state index contributed by atoms with van der Waals surface area (Å²) in [5.41, 5.74) is 5.49. The van der Waals surface area contributed by atoms with Gasteiger partial charge in [0.2, 0.25) is 50.8 Å². The highest BCUT2D eigenvalue weighted by Crippen LogP contribution is 2.35. The van der Waals surface area contributed by atoms with Gasteiger partial charge in [-0.1, -0.05) is 41.6 Å². The molecule has 0 spiro atoms. The summed E-state index contributed by atoms with van der Waals surface area (Å²) in [5, 5.41) is 3.41. The number of halogens is 1. The molecule has 0 saturated heterocycles. The van der Waals surface area contributed by atoms with E-state index in [2.05, 4.69) is 22.8 Å². The summed E-state index contributed by atoms with van der Waals surface area (Å²) in [6.45, 7) is 8.79. The van der Waals surface area contributed by atoms with Crippen LogP contribution in [0.3, 0.4) is 0 Å². The standard InChI is InChI=1S/C15H18N2O3S3.C13H16N2O4S3.C8H11NO2S2.C5H2ClNS/c1-11(18)16-10-13-7-8-15(22-13)21-12-5-4-6-14(9-12)23(19,20)17(2)3;1-15(2)22(18,19)12-5-3-4-11(8-12)21(16,17)13-7-6-10(9-14)20-13;1-9(2)13(10,11)8-5-3-4-7(12)6-8;1-7-5-3-2-4(6)8-5/h4-9H,10H2,1-3H3,(H,16,18);3-8H,9,14H2,1-2H3;3-6,12H,1-2H3;2-3H. The first-order chi connectivity index (χ1) is 30.7. The van der Waals surface area contributed by atoms with Crippen LogP contribution in [0.5, 0.6) is 0 Å². The Morgan fingerprint density at radius 1 is 0.682 bits per heavy atom. The molecule has 0 aliphatic heterocycles. The highest BCUT2D eigenvalue weighted by atomic mass is 35.5. The second-order valence-corrected chi connectivity index (χ2v) is 28.2. The summed E-state index contributed by atoms with van der Waals surface area (Å²) in [5.74, 6) is -0.0609. The number of hydrogen-bond donors (Lipinski definition) is 3. The third kappa shape index (κ3) is 16.3. The number of thiol groups is 1. The molecular formula is C41H47ClN6O9S9. The van der Waals surface area contributed by atoms with E-state index in [0.29, 0.717) is 20.8 Å². The monoisotopic (exact) mass is 1090 g/mol. The fraction of sp³-hybridized carbons (Fsp3) is 0.220. The van der Waals surface area contributed by atoms with Crippen LogP contribution in [0.2, 0.25) is 4.34 Å². The van der Waals surface area contributed by atoms with E-state index in [1.165, 1.54) is 117 Å². The van der Waals surface area contributed by atoms with Crippen molar-refractivity contribution < 1.29 is 38.5 Å². The van der Waals surface area contributed by atoms with Gasteiger partial charge in [-0.3, -0.25) is 4.79 Å². The van der Waals surface area contributed by atoms with Crippen molar-refractivity contribution in [2.45, 2.75) is 57.8 Å². The van der Waals surface area contributed by atoms with Crippen LogP contribution in [0.25, 0.3) is 4.85 Å². The van der Waals surface area contributed by atoms with E-state index in [1.54, 1.807) is 65.9 Å². The first-order valence-electron chi connectivity index (χ1n) is 18.7. The molecule has 0 radical (unpaired) electrons. The Hall–Kier alpha value is -3.65. The minimum absolute atomic E-state index is 0.0548. The fourth-order valence-electron chi connectivity index (χ4n) is 4.71. The van der Waals surface area contributed by atoms with Gasteiger partial charge in [-0.05, 0) is 91.0 Å². The number of benzene rings is 3. The average molecular weight is 1090 g/mol. The highest BCUT2D eigenvalue weighted by molar-refractivity contribution is 8.01. The van der Waals surface area contributed by atoms with E-state index in [-0.39, 0.29) is 36.2 Å². The summed E-state index contributed by atoms with van der Waals surface area (Å²) in [6.07, 6.45) is 0. The predicted molar refractivity (Wildman–Crippen MR) is 268 cm³/mol. The number of sulfonamides is 3. The van der Waals surface area contributed by atoms with E-state index < -0.39 is 39.9 Å². The second-order valence-electron chi connectivity index (χ2n) is 13.7. The van der Waals surface area contributed by atoms with Crippen molar-refractivity contribution in [3.05, 3.63) is 135 Å². The molecule has 3 aromatic carbocycles. The van der Waals surface area contributed by atoms with Crippen LogP contribution in [-0.2, 0) is 57.8 Å². The summed E-state index contributed by atoms with van der Waals surface area (Å²) in [6, 6.07) is 29.2. The first kappa shape index (κ1) is 56.7. The lowest BCUT2D eigenvalue weighted by molar-refractivity contribution is -0.119. The maximum atomic E-state index is 12.6. The normalized spacial score (nSPS) is 11.7. The van der Waals surface area contributed by atoms with Crippen LogP contribution >= 0.6 is 70.0 Å². The van der Waals surface area contributed by atoms with E-state index in [0.717, 1.165) is 34.5 Å². The van der Waals surface area contributed by atoms with Crippen molar-refractivity contribution in [3.8, 4) is 0 Å². The molecule has 0 aliphatic carbocycles. The molecule has 1 amide bonds. The number of nitrogens with two attached hydrogens (primary N) is 1. The lowest BCUT2D eigenvalue weighted by atomic mass is 10.4. The number of nitrogens with zero attached hydrogens (tertiary/aromatic N) is 4. The number of carbonyl (C=O) groups excluding carboxylic acids is 1. The average Bonchev–Trinajstić information content (AvgIpc) is 4.05. The van der Waals surface area contributed by atoms with Crippen LogP contribution in [0.4, 0.5) is 5.00 Å². The summed E-state index contributed by atoms with van der Waals surface area (Å²) >= 11 is 15.1. The van der Waals surface area contributed by atoms with E-state index >= 15 is 0 Å². The van der Waals surface area contributed by atoms with Gasteiger partial charge < -0.3 is 11.1 Å². The number of amides is 1. The highest BCUT2D eigenvalue weighted by Gasteiger charge is 2.24. The van der Waals surface area contributed by atoms with Crippen LogP contribution in [0.1, 0.15) is 16.7 Å². The Morgan fingerprint density at radius 2 is 1.20 bits per heavy atom. The van der Waals surface area contributed by atoms with Crippen molar-refractivity contribution in [2.24, 2.45) is 5.73 Å². The number of sulfone groups is 1. The lowest BCUT2D eigenvalue weighted by Gasteiger charge is -2.12. The molecule has 0 unspecified atom stereocenters. The number of nitrogens with one attached hydrogen (secondary N) is 1. The van der Waals surface area contributed by atoms with Gasteiger partial charge in [0.05, 0.1) is 41.2 Å². The van der Waals surface area contributed by atoms with Gasteiger partial charge in [0, 0.05) is 75.3 Å². The number of carbonyl (C=O) groups is 1. The molecule has 0 bridgehead atoms. The van der Waals surface area contributed by atoms with Gasteiger partial charge in [0.15, 0.2) is 0 Å². The molecule has 15 nitrogen and oxygen atoms in total. The van der Waals surface area contributed by atoms with Crippen molar-refractivity contribution in [1.29, 1.82) is 0 Å². The van der Waals surface area contributed by atoms with Gasteiger partial charge in [-0.2, -0.15) is 0 Å². The number of rotatable bonds is 13. The van der Waals surface area contributed by atoms with Gasteiger partial charge in [0.1, 0.15) is 4.21 Å². The van der Waals surface area contributed by atoms with E-state index in [4.69, 9.17) is 23.9 Å². The summed E-state index contributed by atoms with van der Waals surface area (Å²) in [7, 11) is -5.37. The van der Waals surface area contributed by atoms with Gasteiger partial charge >= 0.3 is 0 Å². The molecule has 3 heterocycles. The molecule has 66 heavy (non-hydrogen) atoms. The molecule has 0 atom stereocenters. The first-order valence-corrected chi connectivity index (χ1v) is 28.6. The molecule has 3 N–H and O–H groups in total. The molecule has 3 aromatic heterocycles. The molecule has 0 saturated carbocycles. The zero-order chi connectivity index (χ0) is 49.6. The van der Waals surface area contributed by atoms with Crippen LogP contribution in [-0.4, -0.2) is 94.8 Å². The third-order valence-corrected chi connectivity index (χ3v) is 20.6. The van der Waals surface area contributed by atoms with E-state index in [9.17, 15) is 38.5 Å². The Morgan fingerprint density at radius 3 is 1.67 bits per heavy atom. The molecule has 6 rings (SSSR count). The van der Waals surface area contributed by atoms with Gasteiger partial charge in [-0.15, -0.1) is 46.6 Å². The SMILES string of the molecule is CC(=O)NCc1ccc(Sc2cccc(S(=O)(=O)N(C)C)c2)s1.CN(C)S(=O)(=O)c1cccc(S(=O)(=O)c2ccc(CN)s2)c1.CN(C)S(=O)(=O)c1cccc(S)c1.[C-]#[N+]c1ccc(Cl)s1. The minimum Gasteiger partial charge on any atom is -0.351 e. The molecule has 356 valence electrons. The fourth-order valence-corrected chi connectivity index (χ4v) is 13.7. The van der Waals surface area contributed by atoms with Crippen LogP contribution in [0.15, 0.2) is 147 Å². The van der Waals surface area contributed by atoms with Crippen molar-refractivity contribution >= 4 is 121 Å². The summed E-state index contributed by atoms with van der Waals surface area (Å²) in [4.78, 5) is 17.8. The zero-order valence-electron chi connectivity index (χ0n) is 36.4. The van der Waals surface area contributed by atoms with Crippen molar-refractivity contribution in [3.63, 3.8) is 0 Å². The quantitative estimate of drug-likeness (QED) is 0.0742. The smallest absolute Gasteiger partial charge is 0.242 e. The Kier molecular flexibility index (Phi) is 21.6. The minimum atomic E-state index is -3.76. The second kappa shape index (κ2) is 25.1. The summed E-state index contributed by atoms with van der Waals surface area (Å²) < 4.78 is 102. The van der Waals surface area contributed by atoms with Crippen molar-refractivity contribution in [1.82, 2.24) is 18.2 Å². The molecule has 6 aromatic rings. The molecule has 0 aliphatic rings. The molecule has 0 fully saturated rings. The Balaban J connectivity index is 0.000000249. The Bertz CT molecular complexity index is 3090.